The minimum absolute atomic E-state index is 0.119. The summed E-state index contributed by atoms with van der Waals surface area (Å²) >= 11 is 0. The van der Waals surface area contributed by atoms with Crippen molar-refractivity contribution in [2.75, 3.05) is 6.54 Å². The molecule has 0 radical (unpaired) electrons. The first-order valence-corrected chi connectivity index (χ1v) is 6.13. The number of carbonyl (C=O) groups excluding carboxylic acids is 2. The SMILES string of the molecule is CC1(C)C(=O)NC(=O)CN1C(=N)C1CCCC1. The Morgan fingerprint density at radius 3 is 2.53 bits per heavy atom. The van der Waals surface area contributed by atoms with E-state index in [2.05, 4.69) is 5.32 Å². The van der Waals surface area contributed by atoms with E-state index in [9.17, 15) is 9.59 Å². The molecule has 94 valence electrons. The lowest BCUT2D eigenvalue weighted by Crippen LogP contribution is -2.66. The fraction of sp³-hybridized carbons (Fsp3) is 0.750. The van der Waals surface area contributed by atoms with Gasteiger partial charge in [0.05, 0.1) is 6.54 Å². The summed E-state index contributed by atoms with van der Waals surface area (Å²) in [7, 11) is 0. The smallest absolute Gasteiger partial charge is 0.251 e. The lowest BCUT2D eigenvalue weighted by molar-refractivity contribution is -0.142. The summed E-state index contributed by atoms with van der Waals surface area (Å²) in [6.07, 6.45) is 4.28. The molecule has 1 aliphatic carbocycles. The quantitative estimate of drug-likeness (QED) is 0.404. The molecule has 1 saturated carbocycles. The molecule has 1 saturated heterocycles. The Balaban J connectivity index is 2.19. The van der Waals surface area contributed by atoms with E-state index in [0.29, 0.717) is 5.84 Å². The van der Waals surface area contributed by atoms with Gasteiger partial charge in [0.1, 0.15) is 11.4 Å². The minimum atomic E-state index is -0.798. The van der Waals surface area contributed by atoms with Crippen molar-refractivity contribution >= 4 is 17.6 Å². The number of amidine groups is 1. The van der Waals surface area contributed by atoms with Crippen molar-refractivity contribution in [3.63, 3.8) is 0 Å². The Morgan fingerprint density at radius 1 is 1.35 bits per heavy atom. The van der Waals surface area contributed by atoms with Crippen LogP contribution >= 0.6 is 0 Å². The van der Waals surface area contributed by atoms with Crippen molar-refractivity contribution in [1.82, 2.24) is 10.2 Å². The lowest BCUT2D eigenvalue weighted by Gasteiger charge is -2.43. The van der Waals surface area contributed by atoms with E-state index >= 15 is 0 Å². The van der Waals surface area contributed by atoms with Crippen LogP contribution in [-0.4, -0.2) is 34.6 Å². The average molecular weight is 237 g/mol. The molecule has 1 heterocycles. The zero-order valence-electron chi connectivity index (χ0n) is 10.4. The number of piperazine rings is 1. The van der Waals surface area contributed by atoms with Gasteiger partial charge in [0, 0.05) is 5.92 Å². The Kier molecular flexibility index (Phi) is 2.93. The van der Waals surface area contributed by atoms with Crippen LogP contribution in [0.25, 0.3) is 0 Å². The Labute approximate surface area is 101 Å². The average Bonchev–Trinajstić information content (AvgIpc) is 2.76. The number of imide groups is 1. The van der Waals surface area contributed by atoms with E-state index in [0.717, 1.165) is 25.7 Å². The molecule has 0 unspecified atom stereocenters. The van der Waals surface area contributed by atoms with Gasteiger partial charge in [0.25, 0.3) is 5.91 Å². The maximum Gasteiger partial charge on any atom is 0.251 e. The third-order valence-electron chi connectivity index (χ3n) is 3.82. The van der Waals surface area contributed by atoms with Crippen molar-refractivity contribution in [2.45, 2.75) is 45.1 Å². The molecule has 1 aliphatic heterocycles. The third kappa shape index (κ3) is 2.06. The van der Waals surface area contributed by atoms with Crippen molar-refractivity contribution in [3.05, 3.63) is 0 Å². The van der Waals surface area contributed by atoms with Crippen molar-refractivity contribution in [3.8, 4) is 0 Å². The van der Waals surface area contributed by atoms with Gasteiger partial charge in [-0.15, -0.1) is 0 Å². The second-order valence-corrected chi connectivity index (χ2v) is 5.39. The van der Waals surface area contributed by atoms with E-state index in [1.54, 1.807) is 18.7 Å². The molecule has 0 aromatic rings. The predicted molar refractivity (Wildman–Crippen MR) is 63.6 cm³/mol. The Morgan fingerprint density at radius 2 is 1.94 bits per heavy atom. The van der Waals surface area contributed by atoms with Crippen LogP contribution in [0.15, 0.2) is 0 Å². The first-order valence-electron chi connectivity index (χ1n) is 6.13. The fourth-order valence-corrected chi connectivity index (χ4v) is 2.59. The first-order chi connectivity index (χ1) is 7.93. The zero-order valence-corrected chi connectivity index (χ0v) is 10.4. The van der Waals surface area contributed by atoms with E-state index in [4.69, 9.17) is 5.41 Å². The molecule has 2 rings (SSSR count). The number of hydrogen-bond acceptors (Lipinski definition) is 3. The number of rotatable bonds is 1. The van der Waals surface area contributed by atoms with E-state index < -0.39 is 5.54 Å². The second kappa shape index (κ2) is 4.13. The molecular formula is C12H19N3O2. The number of amides is 2. The van der Waals surface area contributed by atoms with Crippen LogP contribution in [0.3, 0.4) is 0 Å². The second-order valence-electron chi connectivity index (χ2n) is 5.39. The van der Waals surface area contributed by atoms with Crippen LogP contribution in [0.4, 0.5) is 0 Å². The maximum atomic E-state index is 11.8. The maximum absolute atomic E-state index is 11.8. The molecule has 2 amide bonds. The molecule has 2 aliphatic rings. The first kappa shape index (κ1) is 12.1. The lowest BCUT2D eigenvalue weighted by atomic mass is 9.95. The topological polar surface area (TPSA) is 73.3 Å². The van der Waals surface area contributed by atoms with Crippen LogP contribution < -0.4 is 5.32 Å². The molecule has 0 spiro atoms. The van der Waals surface area contributed by atoms with Crippen molar-refractivity contribution < 1.29 is 9.59 Å². The van der Waals surface area contributed by atoms with E-state index in [-0.39, 0.29) is 24.3 Å². The van der Waals surface area contributed by atoms with Gasteiger partial charge in [-0.25, -0.2) is 0 Å². The van der Waals surface area contributed by atoms with Gasteiger partial charge in [-0.2, -0.15) is 0 Å². The highest BCUT2D eigenvalue weighted by atomic mass is 16.2. The molecule has 5 heteroatoms. The van der Waals surface area contributed by atoms with Gasteiger partial charge >= 0.3 is 0 Å². The van der Waals surface area contributed by atoms with E-state index in [1.807, 2.05) is 0 Å². The van der Waals surface area contributed by atoms with Gasteiger partial charge in [-0.1, -0.05) is 12.8 Å². The largest absolute Gasteiger partial charge is 0.337 e. The molecule has 2 fully saturated rings. The van der Waals surface area contributed by atoms with Crippen molar-refractivity contribution in [2.24, 2.45) is 5.92 Å². The third-order valence-corrected chi connectivity index (χ3v) is 3.82. The van der Waals surface area contributed by atoms with Gasteiger partial charge in [-0.3, -0.25) is 20.3 Å². The van der Waals surface area contributed by atoms with Gasteiger partial charge in [0.2, 0.25) is 5.91 Å². The molecule has 0 atom stereocenters. The molecule has 17 heavy (non-hydrogen) atoms. The Bertz CT molecular complexity index is 370. The highest BCUT2D eigenvalue weighted by Gasteiger charge is 2.43. The summed E-state index contributed by atoms with van der Waals surface area (Å²) in [6, 6.07) is 0. The molecular weight excluding hydrogens is 218 g/mol. The van der Waals surface area contributed by atoms with Crippen LogP contribution in [0, 0.1) is 11.3 Å². The number of hydrogen-bond donors (Lipinski definition) is 2. The highest BCUT2D eigenvalue weighted by Crippen LogP contribution is 2.30. The summed E-state index contributed by atoms with van der Waals surface area (Å²) in [5.41, 5.74) is -0.798. The number of nitrogens with zero attached hydrogens (tertiary/aromatic N) is 1. The summed E-state index contributed by atoms with van der Waals surface area (Å²) < 4.78 is 0. The highest BCUT2D eigenvalue weighted by molar-refractivity contribution is 6.06. The monoisotopic (exact) mass is 237 g/mol. The summed E-state index contributed by atoms with van der Waals surface area (Å²) in [6.45, 7) is 3.64. The van der Waals surface area contributed by atoms with Gasteiger partial charge < -0.3 is 4.90 Å². The van der Waals surface area contributed by atoms with Gasteiger partial charge in [-0.05, 0) is 26.7 Å². The summed E-state index contributed by atoms with van der Waals surface area (Å²) in [5, 5.41) is 10.5. The minimum Gasteiger partial charge on any atom is -0.337 e. The van der Waals surface area contributed by atoms with Crippen LogP contribution in [0.5, 0.6) is 0 Å². The van der Waals surface area contributed by atoms with Crippen molar-refractivity contribution in [1.29, 1.82) is 5.41 Å². The summed E-state index contributed by atoms with van der Waals surface area (Å²) in [4.78, 5) is 24.9. The standard InChI is InChI=1S/C12H19N3O2/c1-12(2)11(17)14-9(16)7-15(12)10(13)8-5-3-4-6-8/h8,13H,3-7H2,1-2H3,(H,14,16,17). The van der Waals surface area contributed by atoms with Crippen LogP contribution in [0.1, 0.15) is 39.5 Å². The number of nitrogens with one attached hydrogen (secondary N) is 2. The fourth-order valence-electron chi connectivity index (χ4n) is 2.59. The number of carbonyl (C=O) groups is 2. The predicted octanol–water partition coefficient (Wildman–Crippen LogP) is 0.891. The molecule has 0 aromatic heterocycles. The zero-order chi connectivity index (χ0) is 12.6. The molecule has 5 nitrogen and oxygen atoms in total. The van der Waals surface area contributed by atoms with E-state index in [1.165, 1.54) is 0 Å². The molecule has 2 N–H and O–H groups in total. The molecule has 0 bridgehead atoms. The van der Waals surface area contributed by atoms with Gasteiger partial charge in [0.15, 0.2) is 0 Å². The summed E-state index contributed by atoms with van der Waals surface area (Å²) in [5.74, 6) is 0.0530. The van der Waals surface area contributed by atoms with Crippen LogP contribution in [-0.2, 0) is 9.59 Å². The van der Waals surface area contributed by atoms with Crippen LogP contribution in [0.2, 0.25) is 0 Å². The normalized spacial score (nSPS) is 24.9. The molecule has 0 aromatic carbocycles. The Hall–Kier alpha value is -1.39.